The molecule has 1 unspecified atom stereocenters. The van der Waals surface area contributed by atoms with Crippen LogP contribution in [-0.4, -0.2) is 41.5 Å². The molecule has 6 heteroatoms. The Kier molecular flexibility index (Phi) is 7.92. The normalized spacial score (nSPS) is 17.6. The van der Waals surface area contributed by atoms with Crippen LogP contribution in [0.4, 0.5) is 0 Å². The first-order valence-electron chi connectivity index (χ1n) is 11.3. The van der Waals surface area contributed by atoms with Crippen molar-refractivity contribution in [2.75, 3.05) is 19.8 Å². The fraction of sp³-hybridized carbons (Fsp3) is 0.385. The maximum absolute atomic E-state index is 13.0. The molecular weight excluding hydrogens is 406 g/mol. The number of amides is 1. The van der Waals surface area contributed by atoms with Crippen molar-refractivity contribution < 1.29 is 24.2 Å². The van der Waals surface area contributed by atoms with Crippen molar-refractivity contribution >= 4 is 17.4 Å². The molecule has 6 nitrogen and oxygen atoms in total. The number of rotatable bonds is 10. The molecule has 0 aromatic heterocycles. The molecule has 1 saturated heterocycles. The van der Waals surface area contributed by atoms with Crippen molar-refractivity contribution in [2.45, 2.75) is 46.1 Å². The molecule has 2 aromatic rings. The van der Waals surface area contributed by atoms with E-state index in [9.17, 15) is 14.7 Å². The third-order valence-corrected chi connectivity index (χ3v) is 5.23. The Morgan fingerprint density at radius 2 is 1.53 bits per heavy atom. The third-order valence-electron chi connectivity index (χ3n) is 5.23. The van der Waals surface area contributed by atoms with E-state index in [0.29, 0.717) is 43.2 Å². The monoisotopic (exact) mass is 437 g/mol. The molecule has 1 N–H and O–H groups in total. The maximum Gasteiger partial charge on any atom is 0.295 e. The van der Waals surface area contributed by atoms with Crippen LogP contribution in [0, 0.1) is 0 Å². The zero-order valence-corrected chi connectivity index (χ0v) is 19.0. The van der Waals surface area contributed by atoms with Gasteiger partial charge in [0.05, 0.1) is 24.8 Å². The van der Waals surface area contributed by atoms with Crippen LogP contribution in [0.2, 0.25) is 0 Å². The molecule has 1 heterocycles. The summed E-state index contributed by atoms with van der Waals surface area (Å²) in [6.45, 7) is 7.52. The molecule has 0 radical (unpaired) electrons. The zero-order chi connectivity index (χ0) is 23.1. The zero-order valence-electron chi connectivity index (χ0n) is 19.0. The van der Waals surface area contributed by atoms with Gasteiger partial charge in [0.15, 0.2) is 0 Å². The van der Waals surface area contributed by atoms with E-state index in [1.165, 1.54) is 4.90 Å². The standard InChI is InChI=1S/C26H31NO5/c1-4-13-27-23(18-9-7-11-20(16-18)31-14-5-2)22(25(29)26(27)30)24(28)19-10-8-12-21(17-19)32-15-6-3/h7-12,16-17,23,28H,4-6,13-15H2,1-3H3/b24-22-. The summed E-state index contributed by atoms with van der Waals surface area (Å²) in [5.41, 5.74) is 1.26. The molecule has 1 atom stereocenters. The summed E-state index contributed by atoms with van der Waals surface area (Å²) < 4.78 is 11.4. The van der Waals surface area contributed by atoms with Crippen LogP contribution < -0.4 is 9.47 Å². The minimum atomic E-state index is -0.680. The fourth-order valence-electron chi connectivity index (χ4n) is 3.80. The molecule has 0 aliphatic carbocycles. The molecule has 1 aliphatic heterocycles. The predicted molar refractivity (Wildman–Crippen MR) is 124 cm³/mol. The highest BCUT2D eigenvalue weighted by Gasteiger charge is 2.45. The van der Waals surface area contributed by atoms with E-state index in [2.05, 4.69) is 0 Å². The number of nitrogens with zero attached hydrogens (tertiary/aromatic N) is 1. The maximum atomic E-state index is 13.0. The smallest absolute Gasteiger partial charge is 0.295 e. The summed E-state index contributed by atoms with van der Waals surface area (Å²) in [5, 5.41) is 11.2. The van der Waals surface area contributed by atoms with Crippen LogP contribution in [0.3, 0.4) is 0 Å². The quantitative estimate of drug-likeness (QED) is 0.318. The first-order chi connectivity index (χ1) is 15.5. The second kappa shape index (κ2) is 10.8. The summed E-state index contributed by atoms with van der Waals surface area (Å²) in [6, 6.07) is 13.7. The van der Waals surface area contributed by atoms with Gasteiger partial charge in [0, 0.05) is 12.1 Å². The van der Waals surface area contributed by atoms with Crippen LogP contribution in [0.5, 0.6) is 11.5 Å². The summed E-state index contributed by atoms with van der Waals surface area (Å²) in [7, 11) is 0. The van der Waals surface area contributed by atoms with Gasteiger partial charge in [0.1, 0.15) is 17.3 Å². The van der Waals surface area contributed by atoms with Gasteiger partial charge in [-0.3, -0.25) is 9.59 Å². The molecule has 170 valence electrons. The van der Waals surface area contributed by atoms with Gasteiger partial charge in [-0.15, -0.1) is 0 Å². The first kappa shape index (κ1) is 23.4. The Hall–Kier alpha value is -3.28. The third kappa shape index (κ3) is 4.96. The van der Waals surface area contributed by atoms with E-state index in [1.54, 1.807) is 24.3 Å². The second-order valence-corrected chi connectivity index (χ2v) is 7.79. The number of benzene rings is 2. The van der Waals surface area contributed by atoms with Crippen LogP contribution in [0.1, 0.15) is 57.2 Å². The molecular formula is C26H31NO5. The molecule has 0 bridgehead atoms. The lowest BCUT2D eigenvalue weighted by Gasteiger charge is -2.25. The van der Waals surface area contributed by atoms with Gasteiger partial charge in [-0.05, 0) is 49.1 Å². The SMILES string of the molecule is CCCOc1cccc(/C(O)=C2/C(=O)C(=O)N(CCC)C2c2cccc(OCCC)c2)c1. The first-order valence-corrected chi connectivity index (χ1v) is 11.3. The highest BCUT2D eigenvalue weighted by molar-refractivity contribution is 6.46. The summed E-state index contributed by atoms with van der Waals surface area (Å²) >= 11 is 0. The number of Topliss-reactive ketones (excluding diaryl/α,β-unsaturated/α-hetero) is 1. The minimum absolute atomic E-state index is 0.0868. The van der Waals surface area contributed by atoms with Crippen molar-refractivity contribution in [3.05, 3.63) is 65.2 Å². The highest BCUT2D eigenvalue weighted by atomic mass is 16.5. The van der Waals surface area contributed by atoms with Gasteiger partial charge in [-0.25, -0.2) is 0 Å². The highest BCUT2D eigenvalue weighted by Crippen LogP contribution is 2.40. The van der Waals surface area contributed by atoms with E-state index in [0.717, 1.165) is 18.4 Å². The Balaban J connectivity index is 2.09. The van der Waals surface area contributed by atoms with Crippen molar-refractivity contribution in [3.63, 3.8) is 0 Å². The van der Waals surface area contributed by atoms with Crippen LogP contribution in [0.15, 0.2) is 54.1 Å². The topological polar surface area (TPSA) is 76.1 Å². The summed E-state index contributed by atoms with van der Waals surface area (Å²) in [4.78, 5) is 27.4. The van der Waals surface area contributed by atoms with Gasteiger partial charge in [0.2, 0.25) is 0 Å². The van der Waals surface area contributed by atoms with E-state index in [-0.39, 0.29) is 11.3 Å². The van der Waals surface area contributed by atoms with E-state index in [1.807, 2.05) is 45.0 Å². The molecule has 32 heavy (non-hydrogen) atoms. The Labute approximate surface area is 189 Å². The average Bonchev–Trinajstić information content (AvgIpc) is 3.06. The van der Waals surface area contributed by atoms with Gasteiger partial charge in [0.25, 0.3) is 11.7 Å². The number of aliphatic hydroxyl groups excluding tert-OH is 1. The number of hydrogen-bond acceptors (Lipinski definition) is 5. The van der Waals surface area contributed by atoms with Gasteiger partial charge in [-0.1, -0.05) is 45.0 Å². The van der Waals surface area contributed by atoms with Crippen LogP contribution >= 0.6 is 0 Å². The Bertz CT molecular complexity index is 997. The van der Waals surface area contributed by atoms with Crippen LogP contribution in [-0.2, 0) is 9.59 Å². The molecule has 0 saturated carbocycles. The second-order valence-electron chi connectivity index (χ2n) is 7.79. The van der Waals surface area contributed by atoms with Gasteiger partial charge < -0.3 is 19.5 Å². The van der Waals surface area contributed by atoms with Crippen molar-refractivity contribution in [1.82, 2.24) is 4.90 Å². The van der Waals surface area contributed by atoms with Crippen molar-refractivity contribution in [2.24, 2.45) is 0 Å². The van der Waals surface area contributed by atoms with E-state index < -0.39 is 17.7 Å². The van der Waals surface area contributed by atoms with Crippen molar-refractivity contribution in [3.8, 4) is 11.5 Å². The molecule has 1 aliphatic rings. The Morgan fingerprint density at radius 1 is 0.906 bits per heavy atom. The molecule has 1 fully saturated rings. The largest absolute Gasteiger partial charge is 0.507 e. The lowest BCUT2D eigenvalue weighted by Crippen LogP contribution is -2.30. The fourth-order valence-corrected chi connectivity index (χ4v) is 3.80. The van der Waals surface area contributed by atoms with Crippen molar-refractivity contribution in [1.29, 1.82) is 0 Å². The number of ether oxygens (including phenoxy) is 2. The Morgan fingerprint density at radius 3 is 2.16 bits per heavy atom. The number of aliphatic hydroxyl groups is 1. The van der Waals surface area contributed by atoms with Gasteiger partial charge in [-0.2, -0.15) is 0 Å². The summed E-state index contributed by atoms with van der Waals surface area (Å²) in [5.74, 6) is -0.210. The predicted octanol–water partition coefficient (Wildman–Crippen LogP) is 5.10. The average molecular weight is 438 g/mol. The van der Waals surface area contributed by atoms with E-state index >= 15 is 0 Å². The molecule has 0 spiro atoms. The summed E-state index contributed by atoms with van der Waals surface area (Å²) in [6.07, 6.45) is 2.42. The molecule has 3 rings (SSSR count). The number of hydrogen-bond donors (Lipinski definition) is 1. The van der Waals surface area contributed by atoms with Crippen LogP contribution in [0.25, 0.3) is 5.76 Å². The number of carbonyl (C=O) groups excluding carboxylic acids is 2. The number of carbonyl (C=O) groups is 2. The van der Waals surface area contributed by atoms with E-state index in [4.69, 9.17) is 9.47 Å². The number of likely N-dealkylation sites (tertiary alicyclic amines) is 1. The minimum Gasteiger partial charge on any atom is -0.507 e. The molecule has 1 amide bonds. The van der Waals surface area contributed by atoms with Gasteiger partial charge >= 0.3 is 0 Å². The number of ketones is 1. The molecule has 2 aromatic carbocycles. The lowest BCUT2D eigenvalue weighted by molar-refractivity contribution is -0.139. The lowest BCUT2D eigenvalue weighted by atomic mass is 9.95.